The molecule has 0 bridgehead atoms. The van der Waals surface area contributed by atoms with Crippen LogP contribution in [0.3, 0.4) is 0 Å². The lowest BCUT2D eigenvalue weighted by atomic mass is 9.90. The predicted molar refractivity (Wildman–Crippen MR) is 89.8 cm³/mol. The molecule has 3 N–H and O–H groups in total. The zero-order valence-electron chi connectivity index (χ0n) is 13.2. The summed E-state index contributed by atoms with van der Waals surface area (Å²) in [6.07, 6.45) is 0.922. The number of aromatic nitrogens is 1. The van der Waals surface area contributed by atoms with Gasteiger partial charge in [-0.05, 0) is 37.1 Å². The summed E-state index contributed by atoms with van der Waals surface area (Å²) in [5, 5.41) is 4.95. The van der Waals surface area contributed by atoms with Crippen LogP contribution in [0.4, 0.5) is 13.9 Å². The Hall–Kier alpha value is -2.10. The molecule has 134 valence electrons. The predicted octanol–water partition coefficient (Wildman–Crippen LogP) is 2.86. The highest BCUT2D eigenvalue weighted by Crippen LogP contribution is 2.28. The first-order chi connectivity index (χ1) is 12.0. The summed E-state index contributed by atoms with van der Waals surface area (Å²) in [6, 6.07) is 6.13. The Morgan fingerprint density at radius 2 is 2.00 bits per heavy atom. The SMILES string of the molecule is NC1(C(=O)Nc2nc(-c3ccc(OC(F)F)cc3)cs2)CCOCC1. The van der Waals surface area contributed by atoms with Gasteiger partial charge in [-0.25, -0.2) is 4.98 Å². The monoisotopic (exact) mass is 369 g/mol. The molecule has 1 fully saturated rings. The highest BCUT2D eigenvalue weighted by Gasteiger charge is 2.36. The van der Waals surface area contributed by atoms with E-state index >= 15 is 0 Å². The van der Waals surface area contributed by atoms with Crippen LogP contribution in [-0.2, 0) is 9.53 Å². The van der Waals surface area contributed by atoms with E-state index < -0.39 is 12.2 Å². The lowest BCUT2D eigenvalue weighted by Gasteiger charge is -2.31. The Bertz CT molecular complexity index is 730. The van der Waals surface area contributed by atoms with Gasteiger partial charge in [-0.1, -0.05) is 0 Å². The zero-order valence-corrected chi connectivity index (χ0v) is 14.0. The molecule has 3 rings (SSSR count). The summed E-state index contributed by atoms with van der Waals surface area (Å²) in [4.78, 5) is 16.7. The number of nitrogens with two attached hydrogens (primary N) is 1. The second kappa shape index (κ2) is 7.42. The molecule has 0 unspecified atom stereocenters. The molecule has 1 saturated heterocycles. The molecule has 1 aliphatic rings. The summed E-state index contributed by atoms with van der Waals surface area (Å²) in [7, 11) is 0. The van der Waals surface area contributed by atoms with Crippen LogP contribution in [0.15, 0.2) is 29.6 Å². The Kier molecular flexibility index (Phi) is 5.26. The van der Waals surface area contributed by atoms with Crippen LogP contribution < -0.4 is 15.8 Å². The number of anilines is 1. The zero-order chi connectivity index (χ0) is 17.9. The maximum absolute atomic E-state index is 12.4. The molecule has 2 aromatic rings. The summed E-state index contributed by atoms with van der Waals surface area (Å²) >= 11 is 1.27. The van der Waals surface area contributed by atoms with Crippen LogP contribution in [0.25, 0.3) is 11.3 Å². The first-order valence-corrected chi connectivity index (χ1v) is 8.53. The van der Waals surface area contributed by atoms with Gasteiger partial charge in [0.1, 0.15) is 11.3 Å². The van der Waals surface area contributed by atoms with Crippen molar-refractivity contribution in [2.75, 3.05) is 18.5 Å². The van der Waals surface area contributed by atoms with Crippen LogP contribution in [0.2, 0.25) is 0 Å². The number of nitrogens with zero attached hydrogens (tertiary/aromatic N) is 1. The molecule has 1 aliphatic heterocycles. The molecule has 9 heteroatoms. The molecule has 6 nitrogen and oxygen atoms in total. The Balaban J connectivity index is 1.66. The van der Waals surface area contributed by atoms with E-state index in [0.29, 0.717) is 36.9 Å². The number of ether oxygens (including phenoxy) is 2. The van der Waals surface area contributed by atoms with Crippen molar-refractivity contribution in [1.29, 1.82) is 0 Å². The highest BCUT2D eigenvalue weighted by molar-refractivity contribution is 7.14. The van der Waals surface area contributed by atoms with Gasteiger partial charge < -0.3 is 20.5 Å². The van der Waals surface area contributed by atoms with Gasteiger partial charge in [0.25, 0.3) is 0 Å². The standard InChI is InChI=1S/C16H17F2N3O3S/c17-14(18)24-11-3-1-10(2-4-11)12-9-25-15(20-12)21-13(22)16(19)5-7-23-8-6-16/h1-4,9,14H,5-8,19H2,(H,20,21,22). The molecule has 25 heavy (non-hydrogen) atoms. The average molecular weight is 369 g/mol. The third kappa shape index (κ3) is 4.30. The number of hydrogen-bond acceptors (Lipinski definition) is 6. The van der Waals surface area contributed by atoms with Crippen molar-refractivity contribution in [3.8, 4) is 17.0 Å². The smallest absolute Gasteiger partial charge is 0.387 e. The van der Waals surface area contributed by atoms with Gasteiger partial charge in [-0.15, -0.1) is 11.3 Å². The quantitative estimate of drug-likeness (QED) is 0.846. The number of rotatable bonds is 5. The van der Waals surface area contributed by atoms with Crippen molar-refractivity contribution in [3.05, 3.63) is 29.6 Å². The lowest BCUT2D eigenvalue weighted by Crippen LogP contribution is -2.54. The van der Waals surface area contributed by atoms with Gasteiger partial charge in [0.2, 0.25) is 5.91 Å². The van der Waals surface area contributed by atoms with Crippen molar-refractivity contribution in [3.63, 3.8) is 0 Å². The third-order valence-electron chi connectivity index (χ3n) is 3.94. The normalized spacial score (nSPS) is 16.6. The number of alkyl halides is 2. The van der Waals surface area contributed by atoms with Crippen LogP contribution in [0.5, 0.6) is 5.75 Å². The van der Waals surface area contributed by atoms with Crippen molar-refractivity contribution < 1.29 is 23.0 Å². The summed E-state index contributed by atoms with van der Waals surface area (Å²) < 4.78 is 33.9. The van der Waals surface area contributed by atoms with Gasteiger partial charge in [-0.3, -0.25) is 4.79 Å². The average Bonchev–Trinajstić information content (AvgIpc) is 3.04. The van der Waals surface area contributed by atoms with Crippen LogP contribution in [-0.4, -0.2) is 36.3 Å². The number of amides is 1. The second-order valence-electron chi connectivity index (χ2n) is 5.66. The van der Waals surface area contributed by atoms with Crippen molar-refractivity contribution in [2.24, 2.45) is 5.73 Å². The van der Waals surface area contributed by atoms with Gasteiger partial charge in [-0.2, -0.15) is 8.78 Å². The van der Waals surface area contributed by atoms with E-state index in [4.69, 9.17) is 10.5 Å². The minimum Gasteiger partial charge on any atom is -0.435 e. The van der Waals surface area contributed by atoms with E-state index in [2.05, 4.69) is 15.0 Å². The van der Waals surface area contributed by atoms with Crippen LogP contribution >= 0.6 is 11.3 Å². The minimum atomic E-state index is -2.86. The Morgan fingerprint density at radius 3 is 2.64 bits per heavy atom. The van der Waals surface area contributed by atoms with Crippen molar-refractivity contribution in [2.45, 2.75) is 25.0 Å². The van der Waals surface area contributed by atoms with Crippen LogP contribution in [0.1, 0.15) is 12.8 Å². The topological polar surface area (TPSA) is 86.5 Å². The first kappa shape index (κ1) is 17.7. The van der Waals surface area contributed by atoms with Crippen molar-refractivity contribution in [1.82, 2.24) is 4.98 Å². The molecule has 0 aliphatic carbocycles. The van der Waals surface area contributed by atoms with E-state index in [1.807, 2.05) is 0 Å². The summed E-state index contributed by atoms with van der Waals surface area (Å²) in [5.41, 5.74) is 6.54. The molecular weight excluding hydrogens is 352 g/mol. The fourth-order valence-electron chi connectivity index (χ4n) is 2.46. The third-order valence-corrected chi connectivity index (χ3v) is 4.69. The number of benzene rings is 1. The van der Waals surface area contributed by atoms with E-state index in [-0.39, 0.29) is 11.7 Å². The van der Waals surface area contributed by atoms with E-state index in [1.165, 1.54) is 23.5 Å². The Morgan fingerprint density at radius 1 is 1.32 bits per heavy atom. The van der Waals surface area contributed by atoms with Gasteiger partial charge >= 0.3 is 6.61 Å². The number of thiazole rings is 1. The van der Waals surface area contributed by atoms with E-state index in [0.717, 1.165) is 5.56 Å². The lowest BCUT2D eigenvalue weighted by molar-refractivity contribution is -0.124. The molecule has 0 spiro atoms. The largest absolute Gasteiger partial charge is 0.435 e. The maximum Gasteiger partial charge on any atom is 0.387 e. The number of hydrogen-bond donors (Lipinski definition) is 2. The fraction of sp³-hybridized carbons (Fsp3) is 0.375. The molecule has 0 atom stereocenters. The summed E-state index contributed by atoms with van der Waals surface area (Å²) in [5.74, 6) is -0.204. The molecule has 2 heterocycles. The number of halogens is 2. The van der Waals surface area contributed by atoms with Gasteiger partial charge in [0.15, 0.2) is 5.13 Å². The molecule has 1 amide bonds. The molecule has 1 aromatic carbocycles. The summed E-state index contributed by atoms with van der Waals surface area (Å²) in [6.45, 7) is -1.94. The van der Waals surface area contributed by atoms with Crippen LogP contribution in [0, 0.1) is 0 Å². The van der Waals surface area contributed by atoms with Crippen molar-refractivity contribution >= 4 is 22.4 Å². The van der Waals surface area contributed by atoms with E-state index in [9.17, 15) is 13.6 Å². The fourth-order valence-corrected chi connectivity index (χ4v) is 3.17. The Labute approximate surface area is 147 Å². The molecular formula is C16H17F2N3O3S. The maximum atomic E-state index is 12.4. The first-order valence-electron chi connectivity index (χ1n) is 7.65. The number of carbonyl (C=O) groups excluding carboxylic acids is 1. The van der Waals surface area contributed by atoms with Gasteiger partial charge in [0.05, 0.1) is 5.69 Å². The molecule has 0 radical (unpaired) electrons. The minimum absolute atomic E-state index is 0.0760. The molecule has 1 aromatic heterocycles. The highest BCUT2D eigenvalue weighted by atomic mass is 32.1. The second-order valence-corrected chi connectivity index (χ2v) is 6.52. The molecule has 0 saturated carbocycles. The van der Waals surface area contributed by atoms with E-state index in [1.54, 1.807) is 17.5 Å². The number of nitrogens with one attached hydrogen (secondary N) is 1. The van der Waals surface area contributed by atoms with Gasteiger partial charge in [0, 0.05) is 24.2 Å². The number of carbonyl (C=O) groups is 1.